The number of rotatable bonds is 4. The van der Waals surface area contributed by atoms with Crippen molar-refractivity contribution in [3.63, 3.8) is 0 Å². The molecule has 0 aliphatic heterocycles. The monoisotopic (exact) mass is 204 g/mol. The molecule has 1 aromatic carbocycles. The van der Waals surface area contributed by atoms with Crippen LogP contribution in [0.4, 0.5) is 8.78 Å². The fraction of sp³-hybridized carbons (Fsp3) is 0.333. The third-order valence-electron chi connectivity index (χ3n) is 1.59. The number of methoxy groups -OCH3 is 2. The minimum Gasteiger partial charge on any atom is -0.497 e. The predicted octanol–water partition coefficient (Wildman–Crippen LogP) is 2.31. The standard InChI is InChI=1S/C9H10F2O3/c1-12-6-3-4-7(13-2)8(5-6)14-9(10)11/h3-5,9H,1-2H3. The number of ether oxygens (including phenoxy) is 3. The Morgan fingerprint density at radius 1 is 1.07 bits per heavy atom. The van der Waals surface area contributed by atoms with Gasteiger partial charge in [-0.2, -0.15) is 8.78 Å². The van der Waals surface area contributed by atoms with E-state index in [4.69, 9.17) is 9.47 Å². The Bertz CT molecular complexity index is 302. The van der Waals surface area contributed by atoms with E-state index >= 15 is 0 Å². The second-order valence-corrected chi connectivity index (χ2v) is 2.40. The van der Waals surface area contributed by atoms with Crippen LogP contribution >= 0.6 is 0 Å². The van der Waals surface area contributed by atoms with Gasteiger partial charge < -0.3 is 14.2 Å². The molecule has 1 aromatic rings. The van der Waals surface area contributed by atoms with Crippen LogP contribution in [0.2, 0.25) is 0 Å². The lowest BCUT2D eigenvalue weighted by Crippen LogP contribution is -2.03. The van der Waals surface area contributed by atoms with E-state index < -0.39 is 6.61 Å². The molecule has 0 saturated heterocycles. The zero-order chi connectivity index (χ0) is 10.6. The smallest absolute Gasteiger partial charge is 0.387 e. The van der Waals surface area contributed by atoms with Crippen LogP contribution in [0.15, 0.2) is 18.2 Å². The zero-order valence-electron chi connectivity index (χ0n) is 7.79. The highest BCUT2D eigenvalue weighted by Crippen LogP contribution is 2.32. The Hall–Kier alpha value is -1.52. The number of hydrogen-bond donors (Lipinski definition) is 0. The summed E-state index contributed by atoms with van der Waals surface area (Å²) in [7, 11) is 2.81. The van der Waals surface area contributed by atoms with Gasteiger partial charge in [0.05, 0.1) is 14.2 Å². The number of benzene rings is 1. The predicted molar refractivity (Wildman–Crippen MR) is 46.2 cm³/mol. The van der Waals surface area contributed by atoms with Crippen molar-refractivity contribution >= 4 is 0 Å². The summed E-state index contributed by atoms with van der Waals surface area (Å²) in [6, 6.07) is 4.43. The van der Waals surface area contributed by atoms with Gasteiger partial charge in [-0.1, -0.05) is 0 Å². The first-order valence-corrected chi connectivity index (χ1v) is 3.84. The SMILES string of the molecule is COc1ccc(OC)c(OC(F)F)c1. The van der Waals surface area contributed by atoms with Crippen molar-refractivity contribution in [1.82, 2.24) is 0 Å². The minimum atomic E-state index is -2.88. The van der Waals surface area contributed by atoms with E-state index in [1.54, 1.807) is 6.07 Å². The Labute approximate surface area is 80.2 Å². The van der Waals surface area contributed by atoms with Crippen molar-refractivity contribution in [3.8, 4) is 17.2 Å². The molecule has 0 spiro atoms. The Balaban J connectivity index is 2.96. The Kier molecular flexibility index (Phi) is 3.50. The molecule has 0 radical (unpaired) electrons. The first kappa shape index (κ1) is 10.6. The lowest BCUT2D eigenvalue weighted by Gasteiger charge is -2.10. The second-order valence-electron chi connectivity index (χ2n) is 2.40. The molecule has 0 fully saturated rings. The molecule has 0 aliphatic rings. The Morgan fingerprint density at radius 3 is 2.29 bits per heavy atom. The highest BCUT2D eigenvalue weighted by atomic mass is 19.3. The normalized spacial score (nSPS) is 10.1. The molecule has 0 amide bonds. The number of hydrogen-bond acceptors (Lipinski definition) is 3. The van der Waals surface area contributed by atoms with Crippen LogP contribution in [0.1, 0.15) is 0 Å². The molecular weight excluding hydrogens is 194 g/mol. The maximum Gasteiger partial charge on any atom is 0.387 e. The third-order valence-corrected chi connectivity index (χ3v) is 1.59. The summed E-state index contributed by atoms with van der Waals surface area (Å²) in [5, 5.41) is 0. The van der Waals surface area contributed by atoms with Crippen molar-refractivity contribution in [2.24, 2.45) is 0 Å². The van der Waals surface area contributed by atoms with Crippen LogP contribution in [0.3, 0.4) is 0 Å². The molecule has 0 saturated carbocycles. The van der Waals surface area contributed by atoms with E-state index in [0.29, 0.717) is 5.75 Å². The minimum absolute atomic E-state index is 0.0400. The van der Waals surface area contributed by atoms with Crippen molar-refractivity contribution < 1.29 is 23.0 Å². The second kappa shape index (κ2) is 4.64. The molecule has 14 heavy (non-hydrogen) atoms. The lowest BCUT2D eigenvalue weighted by molar-refractivity contribution is -0.0512. The van der Waals surface area contributed by atoms with E-state index in [0.717, 1.165) is 0 Å². The van der Waals surface area contributed by atoms with Crippen LogP contribution in [-0.4, -0.2) is 20.8 Å². The molecule has 0 atom stereocenters. The summed E-state index contributed by atoms with van der Waals surface area (Å²) >= 11 is 0. The summed E-state index contributed by atoms with van der Waals surface area (Å²) < 4.78 is 37.8. The molecule has 0 aliphatic carbocycles. The first-order chi connectivity index (χ1) is 6.67. The summed E-state index contributed by atoms with van der Waals surface area (Å²) in [5.74, 6) is 0.634. The van der Waals surface area contributed by atoms with E-state index in [9.17, 15) is 8.78 Å². The molecular formula is C9H10F2O3. The van der Waals surface area contributed by atoms with E-state index in [-0.39, 0.29) is 11.5 Å². The van der Waals surface area contributed by atoms with Crippen LogP contribution < -0.4 is 14.2 Å². The van der Waals surface area contributed by atoms with Gasteiger partial charge >= 0.3 is 6.61 Å². The van der Waals surface area contributed by atoms with Gasteiger partial charge in [0.15, 0.2) is 11.5 Å². The van der Waals surface area contributed by atoms with Crippen molar-refractivity contribution in [2.75, 3.05) is 14.2 Å². The number of halogens is 2. The molecule has 78 valence electrons. The molecule has 3 nitrogen and oxygen atoms in total. The van der Waals surface area contributed by atoms with Crippen LogP contribution in [0, 0.1) is 0 Å². The highest BCUT2D eigenvalue weighted by Gasteiger charge is 2.11. The largest absolute Gasteiger partial charge is 0.497 e. The molecule has 1 rings (SSSR count). The zero-order valence-corrected chi connectivity index (χ0v) is 7.79. The fourth-order valence-electron chi connectivity index (χ4n) is 0.972. The molecule has 0 N–H and O–H groups in total. The average molecular weight is 204 g/mol. The summed E-state index contributed by atoms with van der Waals surface area (Å²) in [4.78, 5) is 0. The maximum absolute atomic E-state index is 12.0. The van der Waals surface area contributed by atoms with Crippen molar-refractivity contribution in [1.29, 1.82) is 0 Å². The van der Waals surface area contributed by atoms with Gasteiger partial charge in [-0.3, -0.25) is 0 Å². The summed E-state index contributed by atoms with van der Waals surface area (Å²) in [5.41, 5.74) is 0. The highest BCUT2D eigenvalue weighted by molar-refractivity contribution is 5.45. The van der Waals surface area contributed by atoms with Gasteiger partial charge in [-0.25, -0.2) is 0 Å². The van der Waals surface area contributed by atoms with E-state index in [1.807, 2.05) is 0 Å². The van der Waals surface area contributed by atoms with Gasteiger partial charge in [0.25, 0.3) is 0 Å². The Morgan fingerprint density at radius 2 is 1.79 bits per heavy atom. The molecule has 0 aromatic heterocycles. The fourth-order valence-corrected chi connectivity index (χ4v) is 0.972. The summed E-state index contributed by atoms with van der Waals surface area (Å²) in [6.07, 6.45) is 0. The molecule has 0 unspecified atom stereocenters. The van der Waals surface area contributed by atoms with Crippen LogP contribution in [-0.2, 0) is 0 Å². The van der Waals surface area contributed by atoms with Gasteiger partial charge in [-0.05, 0) is 12.1 Å². The first-order valence-electron chi connectivity index (χ1n) is 3.84. The topological polar surface area (TPSA) is 27.7 Å². The van der Waals surface area contributed by atoms with Gasteiger partial charge in [-0.15, -0.1) is 0 Å². The van der Waals surface area contributed by atoms with Crippen molar-refractivity contribution in [3.05, 3.63) is 18.2 Å². The quantitative estimate of drug-likeness (QED) is 0.753. The summed E-state index contributed by atoms with van der Waals surface area (Å²) in [6.45, 7) is -2.88. The van der Waals surface area contributed by atoms with Gasteiger partial charge in [0.2, 0.25) is 0 Å². The molecule has 5 heteroatoms. The van der Waals surface area contributed by atoms with Crippen molar-refractivity contribution in [2.45, 2.75) is 6.61 Å². The molecule has 0 bridgehead atoms. The van der Waals surface area contributed by atoms with Gasteiger partial charge in [0.1, 0.15) is 5.75 Å². The maximum atomic E-state index is 12.0. The van der Waals surface area contributed by atoms with Gasteiger partial charge in [0, 0.05) is 6.07 Å². The van der Waals surface area contributed by atoms with E-state index in [1.165, 1.54) is 26.4 Å². The van der Waals surface area contributed by atoms with E-state index in [2.05, 4.69) is 4.74 Å². The van der Waals surface area contributed by atoms with Crippen LogP contribution in [0.5, 0.6) is 17.2 Å². The van der Waals surface area contributed by atoms with Crippen LogP contribution in [0.25, 0.3) is 0 Å². The lowest BCUT2D eigenvalue weighted by atomic mass is 10.3. The number of alkyl halides is 2. The third kappa shape index (κ3) is 2.48. The average Bonchev–Trinajstić information content (AvgIpc) is 2.16. The molecule has 0 heterocycles.